The molecule has 1 saturated carbocycles. The second kappa shape index (κ2) is 15.4. The largest absolute Gasteiger partial charge is 0.465 e. The first kappa shape index (κ1) is 34.7. The van der Waals surface area contributed by atoms with Gasteiger partial charge in [0.2, 0.25) is 5.91 Å². The number of aliphatic hydroxyl groups is 1. The average Bonchev–Trinajstić information content (AvgIpc) is 3.46. The molecule has 4 rings (SSSR count). The molecule has 0 radical (unpaired) electrons. The smallest absolute Gasteiger partial charge is 0.404 e. The molecular formula is C35H52N4O6. The van der Waals surface area contributed by atoms with Gasteiger partial charge in [0.15, 0.2) is 0 Å². The SMILES string of the molecule is COCCCC(c1ccc2c(C#N)c[nH]c2c1)C(CC(NC(=O)O)C(O)CC(C(=O)NC1CC12CCOCC2)C(C)C)C(C)C. The van der Waals surface area contributed by atoms with E-state index in [1.54, 1.807) is 13.3 Å². The number of amides is 2. The molecule has 10 nitrogen and oxygen atoms in total. The van der Waals surface area contributed by atoms with Gasteiger partial charge in [-0.05, 0) is 85.7 Å². The molecule has 2 aliphatic rings. The maximum Gasteiger partial charge on any atom is 0.404 e. The Morgan fingerprint density at radius 3 is 2.53 bits per heavy atom. The Hall–Kier alpha value is -3.13. The molecular weight excluding hydrogens is 572 g/mol. The van der Waals surface area contributed by atoms with Crippen LogP contribution >= 0.6 is 0 Å². The number of hydrogen-bond acceptors (Lipinski definition) is 6. The van der Waals surface area contributed by atoms with Gasteiger partial charge < -0.3 is 35.3 Å². The van der Waals surface area contributed by atoms with Gasteiger partial charge in [-0.3, -0.25) is 4.79 Å². The molecule has 1 aliphatic carbocycles. The average molecular weight is 625 g/mol. The highest BCUT2D eigenvalue weighted by Gasteiger charge is 2.55. The predicted octanol–water partition coefficient (Wildman–Crippen LogP) is 5.56. The van der Waals surface area contributed by atoms with Crippen molar-refractivity contribution in [2.24, 2.45) is 29.1 Å². The number of ether oxygens (including phenoxy) is 2. The number of aliphatic hydroxyl groups excluding tert-OH is 1. The van der Waals surface area contributed by atoms with Crippen molar-refractivity contribution >= 4 is 22.9 Å². The molecule has 6 unspecified atom stereocenters. The van der Waals surface area contributed by atoms with Gasteiger partial charge in [-0.1, -0.05) is 39.8 Å². The standard InChI is InChI=1S/C35H52N4O6/c1-21(2)27(25(7-6-12-44-5)23-8-9-26-24(19-36)20-37-29(26)15-23)16-30(38-34(42)43)31(40)17-28(22(3)4)33(41)39-32-18-35(32)10-13-45-14-11-35/h8-9,15,20-22,25,27-28,30-32,37-38,40H,6-7,10-14,16-18H2,1-5H3,(H,39,41)(H,42,43). The van der Waals surface area contributed by atoms with Gasteiger partial charge in [0.05, 0.1) is 17.7 Å². The molecule has 1 aliphatic heterocycles. The first-order valence-corrected chi connectivity index (χ1v) is 16.5. The van der Waals surface area contributed by atoms with E-state index >= 15 is 0 Å². The molecule has 2 aromatic rings. The number of carboxylic acid groups (broad SMARTS) is 1. The number of methoxy groups -OCH3 is 1. The minimum atomic E-state index is -1.20. The number of nitrogens with one attached hydrogen (secondary N) is 3. The van der Waals surface area contributed by atoms with E-state index in [9.17, 15) is 25.1 Å². The lowest BCUT2D eigenvalue weighted by Gasteiger charge is -2.36. The lowest BCUT2D eigenvalue weighted by atomic mass is 9.72. The summed E-state index contributed by atoms with van der Waals surface area (Å²) < 4.78 is 10.9. The highest BCUT2D eigenvalue weighted by atomic mass is 16.5. The summed E-state index contributed by atoms with van der Waals surface area (Å²) in [6.07, 6.45) is 4.56. The molecule has 1 aromatic heterocycles. The van der Waals surface area contributed by atoms with E-state index in [0.717, 1.165) is 61.8 Å². The summed E-state index contributed by atoms with van der Waals surface area (Å²) in [4.78, 5) is 28.7. The van der Waals surface area contributed by atoms with E-state index < -0.39 is 24.2 Å². The molecule has 5 N–H and O–H groups in total. The van der Waals surface area contributed by atoms with Gasteiger partial charge in [-0.25, -0.2) is 4.79 Å². The van der Waals surface area contributed by atoms with Crippen molar-refractivity contribution in [3.8, 4) is 6.07 Å². The summed E-state index contributed by atoms with van der Waals surface area (Å²) in [7, 11) is 1.68. The van der Waals surface area contributed by atoms with Crippen LogP contribution in [-0.4, -0.2) is 72.3 Å². The van der Waals surface area contributed by atoms with Gasteiger partial charge in [0.25, 0.3) is 0 Å². The molecule has 1 aromatic carbocycles. The van der Waals surface area contributed by atoms with Crippen LogP contribution < -0.4 is 10.6 Å². The van der Waals surface area contributed by atoms with Gasteiger partial charge in [-0.15, -0.1) is 0 Å². The molecule has 2 amide bonds. The molecule has 248 valence electrons. The number of fused-ring (bicyclic) bond motifs is 1. The van der Waals surface area contributed by atoms with Crippen LogP contribution in [-0.2, 0) is 14.3 Å². The van der Waals surface area contributed by atoms with Gasteiger partial charge in [0, 0.05) is 56.0 Å². The third-order valence-corrected chi connectivity index (χ3v) is 10.4. The van der Waals surface area contributed by atoms with Gasteiger partial charge in [-0.2, -0.15) is 5.26 Å². The van der Waals surface area contributed by atoms with Crippen LogP contribution in [0.15, 0.2) is 24.4 Å². The Labute approximate surface area is 267 Å². The summed E-state index contributed by atoms with van der Waals surface area (Å²) >= 11 is 0. The number of nitrogens with zero attached hydrogens (tertiary/aromatic N) is 1. The van der Waals surface area contributed by atoms with Crippen LogP contribution in [0.1, 0.15) is 89.7 Å². The number of aromatic nitrogens is 1. The third-order valence-electron chi connectivity index (χ3n) is 10.4. The van der Waals surface area contributed by atoms with Crippen molar-refractivity contribution < 1.29 is 29.3 Å². The van der Waals surface area contributed by atoms with Crippen molar-refractivity contribution in [2.75, 3.05) is 26.9 Å². The molecule has 0 bridgehead atoms. The Balaban J connectivity index is 1.53. The third kappa shape index (κ3) is 8.57. The van der Waals surface area contributed by atoms with Crippen LogP contribution in [0.25, 0.3) is 10.9 Å². The summed E-state index contributed by atoms with van der Waals surface area (Å²) in [5.41, 5.74) is 2.71. The van der Waals surface area contributed by atoms with Crippen molar-refractivity contribution in [2.45, 2.75) is 96.7 Å². The fourth-order valence-corrected chi connectivity index (χ4v) is 7.47. The van der Waals surface area contributed by atoms with Crippen LogP contribution in [0.3, 0.4) is 0 Å². The number of carbonyl (C=O) groups is 2. The van der Waals surface area contributed by atoms with E-state index in [4.69, 9.17) is 9.47 Å². The lowest BCUT2D eigenvalue weighted by molar-refractivity contribution is -0.128. The second-order valence-electron chi connectivity index (χ2n) is 14.0. The summed E-state index contributed by atoms with van der Waals surface area (Å²) in [5, 5.41) is 37.6. The van der Waals surface area contributed by atoms with E-state index in [1.807, 2.05) is 19.9 Å². The topological polar surface area (TPSA) is 157 Å². The Kier molecular flexibility index (Phi) is 11.9. The van der Waals surface area contributed by atoms with Gasteiger partial charge >= 0.3 is 6.09 Å². The monoisotopic (exact) mass is 624 g/mol. The van der Waals surface area contributed by atoms with E-state index in [-0.39, 0.29) is 47.5 Å². The van der Waals surface area contributed by atoms with Crippen molar-refractivity contribution in [1.29, 1.82) is 5.26 Å². The maximum atomic E-state index is 13.5. The van der Waals surface area contributed by atoms with Gasteiger partial charge in [0.1, 0.15) is 6.07 Å². The summed E-state index contributed by atoms with van der Waals surface area (Å²) in [5.74, 6) is -0.300. The first-order valence-electron chi connectivity index (χ1n) is 16.5. The van der Waals surface area contributed by atoms with Crippen molar-refractivity contribution in [3.05, 3.63) is 35.5 Å². The van der Waals surface area contributed by atoms with Crippen LogP contribution in [0, 0.1) is 40.4 Å². The normalized spacial score (nSPS) is 20.8. The fourth-order valence-electron chi connectivity index (χ4n) is 7.47. The highest BCUT2D eigenvalue weighted by Crippen LogP contribution is 2.53. The molecule has 2 heterocycles. The molecule has 6 atom stereocenters. The molecule has 1 spiro atoms. The Morgan fingerprint density at radius 1 is 1.18 bits per heavy atom. The zero-order valence-corrected chi connectivity index (χ0v) is 27.5. The fraction of sp³-hybridized carbons (Fsp3) is 0.686. The lowest BCUT2D eigenvalue weighted by Crippen LogP contribution is -2.48. The zero-order valence-electron chi connectivity index (χ0n) is 27.5. The zero-order chi connectivity index (χ0) is 32.7. The first-order chi connectivity index (χ1) is 21.5. The quantitative estimate of drug-likeness (QED) is 0.153. The van der Waals surface area contributed by atoms with E-state index in [0.29, 0.717) is 18.6 Å². The number of H-pyrrole nitrogens is 1. The summed E-state index contributed by atoms with van der Waals surface area (Å²) in [6, 6.07) is 7.72. The van der Waals surface area contributed by atoms with Crippen molar-refractivity contribution in [3.63, 3.8) is 0 Å². The van der Waals surface area contributed by atoms with Crippen LogP contribution in [0.4, 0.5) is 4.79 Å². The number of nitriles is 1. The molecule has 2 fully saturated rings. The second-order valence-corrected chi connectivity index (χ2v) is 14.0. The molecule has 1 saturated heterocycles. The summed E-state index contributed by atoms with van der Waals surface area (Å²) in [6.45, 7) is 10.3. The van der Waals surface area contributed by atoms with Crippen LogP contribution in [0.2, 0.25) is 0 Å². The minimum Gasteiger partial charge on any atom is -0.465 e. The predicted molar refractivity (Wildman–Crippen MR) is 173 cm³/mol. The van der Waals surface area contributed by atoms with E-state index in [2.05, 4.69) is 47.7 Å². The highest BCUT2D eigenvalue weighted by molar-refractivity contribution is 5.86. The number of rotatable bonds is 16. The number of aromatic amines is 1. The van der Waals surface area contributed by atoms with Crippen molar-refractivity contribution in [1.82, 2.24) is 15.6 Å². The van der Waals surface area contributed by atoms with E-state index in [1.165, 1.54) is 0 Å². The molecule has 45 heavy (non-hydrogen) atoms. The minimum absolute atomic E-state index is 0.0161. The number of hydrogen-bond donors (Lipinski definition) is 5. The Bertz CT molecular complexity index is 1330. The molecule has 10 heteroatoms. The van der Waals surface area contributed by atoms with Crippen LogP contribution in [0.5, 0.6) is 0 Å². The number of benzene rings is 1. The maximum absolute atomic E-state index is 13.5. The Morgan fingerprint density at radius 2 is 1.91 bits per heavy atom. The number of carbonyl (C=O) groups excluding carboxylic acids is 1.